The molecule has 104 valence electrons. The molecular weight excluding hydrogens is 256 g/mol. The lowest BCUT2D eigenvalue weighted by Crippen LogP contribution is -2.26. The van der Waals surface area contributed by atoms with E-state index < -0.39 is 0 Å². The summed E-state index contributed by atoms with van der Waals surface area (Å²) in [5, 5.41) is 19.7. The van der Waals surface area contributed by atoms with Crippen LogP contribution in [0.1, 0.15) is 11.3 Å². The average molecular weight is 272 g/mol. The molecule has 2 aromatic heterocycles. The summed E-state index contributed by atoms with van der Waals surface area (Å²) >= 11 is 0. The molecule has 0 spiro atoms. The van der Waals surface area contributed by atoms with Gasteiger partial charge >= 0.3 is 0 Å². The highest BCUT2D eigenvalue weighted by Crippen LogP contribution is 2.14. The van der Waals surface area contributed by atoms with E-state index in [2.05, 4.69) is 20.3 Å². The van der Waals surface area contributed by atoms with Gasteiger partial charge in [-0.3, -0.25) is 4.98 Å². The van der Waals surface area contributed by atoms with Crippen LogP contribution in [0.2, 0.25) is 0 Å². The zero-order chi connectivity index (χ0) is 14.4. The molecule has 0 saturated carbocycles. The number of rotatable bonds is 5. The molecule has 0 amide bonds. The van der Waals surface area contributed by atoms with Gasteiger partial charge in [0.25, 0.3) is 0 Å². The van der Waals surface area contributed by atoms with Gasteiger partial charge in [-0.1, -0.05) is 11.2 Å². The third kappa shape index (κ3) is 3.19. The third-order valence-electron chi connectivity index (χ3n) is 2.88. The Morgan fingerprint density at radius 1 is 1.35 bits per heavy atom. The zero-order valence-corrected chi connectivity index (χ0v) is 11.1. The maximum atomic E-state index is 8.79. The second-order valence-electron chi connectivity index (χ2n) is 4.25. The topological polar surface area (TPSA) is 101 Å². The van der Waals surface area contributed by atoms with Crippen molar-refractivity contribution < 1.29 is 5.21 Å². The fourth-order valence-electron chi connectivity index (χ4n) is 1.79. The molecular formula is C13H16N6O. The van der Waals surface area contributed by atoms with E-state index in [0.29, 0.717) is 17.9 Å². The number of nitrogens with two attached hydrogens (primary N) is 1. The van der Waals surface area contributed by atoms with Gasteiger partial charge in [0.15, 0.2) is 11.7 Å². The lowest BCUT2D eigenvalue weighted by Gasteiger charge is -2.19. The average Bonchev–Trinajstić information content (AvgIpc) is 2.52. The fraction of sp³-hybridized carbons (Fsp3) is 0.231. The number of hydrogen-bond donors (Lipinski definition) is 2. The van der Waals surface area contributed by atoms with Crippen molar-refractivity contribution in [3.05, 3.63) is 47.9 Å². The summed E-state index contributed by atoms with van der Waals surface area (Å²) < 4.78 is 0. The Kier molecular flexibility index (Phi) is 4.43. The first-order chi connectivity index (χ1) is 9.72. The second kappa shape index (κ2) is 6.46. The maximum Gasteiger partial charge on any atom is 0.173 e. The summed E-state index contributed by atoms with van der Waals surface area (Å²) in [6.45, 7) is 0.696. The molecule has 20 heavy (non-hydrogen) atoms. The largest absolute Gasteiger partial charge is 0.409 e. The van der Waals surface area contributed by atoms with Gasteiger partial charge in [-0.05, 0) is 18.2 Å². The minimum atomic E-state index is 0.0135. The van der Waals surface area contributed by atoms with Crippen molar-refractivity contribution in [2.75, 3.05) is 18.5 Å². The molecule has 3 N–H and O–H groups in total. The number of amidine groups is 1. The Balaban J connectivity index is 2.11. The van der Waals surface area contributed by atoms with Crippen LogP contribution < -0.4 is 10.6 Å². The van der Waals surface area contributed by atoms with E-state index in [4.69, 9.17) is 10.9 Å². The summed E-state index contributed by atoms with van der Waals surface area (Å²) in [4.78, 5) is 6.16. The summed E-state index contributed by atoms with van der Waals surface area (Å²) in [5.41, 5.74) is 7.17. The van der Waals surface area contributed by atoms with E-state index in [9.17, 15) is 0 Å². The normalized spacial score (nSPS) is 11.3. The van der Waals surface area contributed by atoms with Gasteiger partial charge in [0.1, 0.15) is 0 Å². The molecule has 0 aliphatic rings. The summed E-state index contributed by atoms with van der Waals surface area (Å²) in [6.07, 6.45) is 4.03. The van der Waals surface area contributed by atoms with Gasteiger partial charge in [0, 0.05) is 31.9 Å². The van der Waals surface area contributed by atoms with Gasteiger partial charge < -0.3 is 15.8 Å². The minimum absolute atomic E-state index is 0.0135. The Hall–Kier alpha value is -2.70. The number of hydrogen-bond acceptors (Lipinski definition) is 6. The van der Waals surface area contributed by atoms with Crippen molar-refractivity contribution in [1.29, 1.82) is 0 Å². The minimum Gasteiger partial charge on any atom is -0.409 e. The number of nitrogens with zero attached hydrogens (tertiary/aromatic N) is 5. The standard InChI is InChI=1S/C13H16N6O/c1-19(9-6-10-4-2-3-7-15-10)13-11(12(14)18-20)5-8-16-17-13/h2-5,7-8,20H,6,9H2,1H3,(H2,14,18). The van der Waals surface area contributed by atoms with Crippen molar-refractivity contribution in [2.24, 2.45) is 10.9 Å². The fourth-order valence-corrected chi connectivity index (χ4v) is 1.79. The van der Waals surface area contributed by atoms with Gasteiger partial charge in [-0.2, -0.15) is 5.10 Å². The van der Waals surface area contributed by atoms with E-state index in [0.717, 1.165) is 12.1 Å². The van der Waals surface area contributed by atoms with E-state index in [1.54, 1.807) is 12.3 Å². The summed E-state index contributed by atoms with van der Waals surface area (Å²) in [7, 11) is 1.88. The van der Waals surface area contributed by atoms with E-state index in [1.165, 1.54) is 6.20 Å². The SMILES string of the molecule is CN(CCc1ccccn1)c1nnccc1/C(N)=N/O. The van der Waals surface area contributed by atoms with E-state index in [1.807, 2.05) is 30.1 Å². The quantitative estimate of drug-likeness (QED) is 0.358. The van der Waals surface area contributed by atoms with Crippen LogP contribution in [-0.2, 0) is 6.42 Å². The Morgan fingerprint density at radius 2 is 2.20 bits per heavy atom. The smallest absolute Gasteiger partial charge is 0.173 e. The van der Waals surface area contributed by atoms with Crippen LogP contribution >= 0.6 is 0 Å². The Labute approximate surface area is 116 Å². The van der Waals surface area contributed by atoms with Crippen LogP contribution in [0.5, 0.6) is 0 Å². The van der Waals surface area contributed by atoms with Crippen LogP contribution in [0, 0.1) is 0 Å². The molecule has 0 saturated heterocycles. The number of anilines is 1. The molecule has 7 heteroatoms. The molecule has 2 aromatic rings. The van der Waals surface area contributed by atoms with Crippen LogP contribution in [-0.4, -0.2) is 39.8 Å². The van der Waals surface area contributed by atoms with Crippen LogP contribution in [0.15, 0.2) is 41.8 Å². The zero-order valence-electron chi connectivity index (χ0n) is 11.1. The first-order valence-corrected chi connectivity index (χ1v) is 6.13. The molecule has 0 unspecified atom stereocenters. The van der Waals surface area contributed by atoms with Crippen molar-refractivity contribution in [3.63, 3.8) is 0 Å². The predicted molar refractivity (Wildman–Crippen MR) is 75.8 cm³/mol. The number of likely N-dealkylation sites (N-methyl/N-ethyl adjacent to an activating group) is 1. The summed E-state index contributed by atoms with van der Waals surface area (Å²) in [5.74, 6) is 0.582. The highest BCUT2D eigenvalue weighted by molar-refractivity contribution is 6.01. The first kappa shape index (κ1) is 13.7. The molecule has 0 fully saturated rings. The molecule has 2 rings (SSSR count). The Morgan fingerprint density at radius 3 is 2.90 bits per heavy atom. The molecule has 0 aromatic carbocycles. The van der Waals surface area contributed by atoms with E-state index >= 15 is 0 Å². The lowest BCUT2D eigenvalue weighted by atomic mass is 10.2. The van der Waals surface area contributed by atoms with E-state index in [-0.39, 0.29) is 5.84 Å². The van der Waals surface area contributed by atoms with Crippen LogP contribution in [0.25, 0.3) is 0 Å². The first-order valence-electron chi connectivity index (χ1n) is 6.13. The predicted octanol–water partition coefficient (Wildman–Crippen LogP) is 0.645. The maximum absolute atomic E-state index is 8.79. The molecule has 7 nitrogen and oxygen atoms in total. The number of oxime groups is 1. The molecule has 0 atom stereocenters. The Bertz CT molecular complexity index is 586. The molecule has 0 bridgehead atoms. The van der Waals surface area contributed by atoms with Crippen molar-refractivity contribution in [1.82, 2.24) is 15.2 Å². The van der Waals surface area contributed by atoms with Crippen molar-refractivity contribution >= 4 is 11.7 Å². The van der Waals surface area contributed by atoms with Crippen molar-refractivity contribution in [3.8, 4) is 0 Å². The number of pyridine rings is 1. The molecule has 2 heterocycles. The lowest BCUT2D eigenvalue weighted by molar-refractivity contribution is 0.318. The van der Waals surface area contributed by atoms with Gasteiger partial charge in [-0.15, -0.1) is 5.10 Å². The summed E-state index contributed by atoms with van der Waals surface area (Å²) in [6, 6.07) is 7.46. The highest BCUT2D eigenvalue weighted by atomic mass is 16.4. The second-order valence-corrected chi connectivity index (χ2v) is 4.25. The van der Waals surface area contributed by atoms with Gasteiger partial charge in [0.2, 0.25) is 0 Å². The van der Waals surface area contributed by atoms with Gasteiger partial charge in [-0.25, -0.2) is 0 Å². The molecule has 0 radical (unpaired) electrons. The monoisotopic (exact) mass is 272 g/mol. The molecule has 0 aliphatic heterocycles. The van der Waals surface area contributed by atoms with Crippen LogP contribution in [0.4, 0.5) is 5.82 Å². The number of aromatic nitrogens is 3. The highest BCUT2D eigenvalue weighted by Gasteiger charge is 2.13. The third-order valence-corrected chi connectivity index (χ3v) is 2.88. The van der Waals surface area contributed by atoms with Gasteiger partial charge in [0.05, 0.1) is 11.8 Å². The molecule has 0 aliphatic carbocycles. The van der Waals surface area contributed by atoms with Crippen LogP contribution in [0.3, 0.4) is 0 Å². The van der Waals surface area contributed by atoms with Crippen molar-refractivity contribution in [2.45, 2.75) is 6.42 Å².